The second-order valence-corrected chi connectivity index (χ2v) is 9.04. The Hall–Kier alpha value is -0.380. The second-order valence-electron chi connectivity index (χ2n) is 7.11. The van der Waals surface area contributed by atoms with Gasteiger partial charge in [-0.05, 0) is 32.1 Å². The molecular formula is C16H30F3IN4O4S. The molecule has 2 heterocycles. The van der Waals surface area contributed by atoms with Crippen molar-refractivity contribution >= 4 is 40.0 Å². The van der Waals surface area contributed by atoms with E-state index in [4.69, 9.17) is 9.47 Å². The lowest BCUT2D eigenvalue weighted by atomic mass is 9.98. The summed E-state index contributed by atoms with van der Waals surface area (Å²) in [6.45, 7) is 4.04. The molecule has 2 rings (SSSR count). The van der Waals surface area contributed by atoms with Gasteiger partial charge in [0.1, 0.15) is 0 Å². The third kappa shape index (κ3) is 7.99. The van der Waals surface area contributed by atoms with Crippen molar-refractivity contribution in [2.75, 3.05) is 46.5 Å². The van der Waals surface area contributed by atoms with Crippen LogP contribution in [0.5, 0.6) is 0 Å². The van der Waals surface area contributed by atoms with Crippen LogP contribution in [0.15, 0.2) is 4.99 Å². The van der Waals surface area contributed by atoms with Gasteiger partial charge in [0.25, 0.3) is 0 Å². The largest absolute Gasteiger partial charge is 0.511 e. The third-order valence-electron chi connectivity index (χ3n) is 4.84. The Labute approximate surface area is 187 Å². The Morgan fingerprint density at radius 3 is 2.48 bits per heavy atom. The minimum absolute atomic E-state index is 0. The molecule has 0 bridgehead atoms. The van der Waals surface area contributed by atoms with Gasteiger partial charge in [-0.3, -0.25) is 4.99 Å². The normalized spacial score (nSPS) is 23.5. The third-order valence-corrected chi connectivity index (χ3v) is 6.47. The van der Waals surface area contributed by atoms with Gasteiger partial charge in [0, 0.05) is 39.3 Å². The second kappa shape index (κ2) is 11.9. The summed E-state index contributed by atoms with van der Waals surface area (Å²) in [5.41, 5.74) is -5.24. The van der Waals surface area contributed by atoms with Gasteiger partial charge < -0.3 is 20.1 Å². The zero-order chi connectivity index (χ0) is 20.8. The van der Waals surface area contributed by atoms with Gasteiger partial charge in [0.15, 0.2) is 5.96 Å². The van der Waals surface area contributed by atoms with Crippen molar-refractivity contribution in [1.29, 1.82) is 0 Å². The molecule has 13 heteroatoms. The van der Waals surface area contributed by atoms with Crippen LogP contribution in [0.3, 0.4) is 0 Å². The minimum Gasteiger partial charge on any atom is -0.379 e. The fraction of sp³-hybridized carbons (Fsp3) is 0.938. The lowest BCUT2D eigenvalue weighted by Gasteiger charge is -2.32. The zero-order valence-electron chi connectivity index (χ0n) is 16.6. The first kappa shape index (κ1) is 26.7. The molecule has 0 radical (unpaired) electrons. The monoisotopic (exact) mass is 558 g/mol. The summed E-state index contributed by atoms with van der Waals surface area (Å²) in [5, 5.41) is 6.35. The number of alkyl halides is 3. The van der Waals surface area contributed by atoms with E-state index < -0.39 is 15.5 Å². The molecule has 2 N–H and O–H groups in total. The Morgan fingerprint density at radius 2 is 1.97 bits per heavy atom. The average molecular weight is 558 g/mol. The smallest absolute Gasteiger partial charge is 0.379 e. The summed E-state index contributed by atoms with van der Waals surface area (Å²) in [4.78, 5) is 4.14. The van der Waals surface area contributed by atoms with Crippen LogP contribution in [0, 0.1) is 5.92 Å². The number of rotatable bonds is 7. The van der Waals surface area contributed by atoms with Crippen molar-refractivity contribution in [2.24, 2.45) is 10.9 Å². The maximum atomic E-state index is 12.6. The number of ether oxygens (including phenoxy) is 2. The van der Waals surface area contributed by atoms with E-state index in [-0.39, 0.29) is 55.1 Å². The number of halogens is 4. The predicted molar refractivity (Wildman–Crippen MR) is 114 cm³/mol. The van der Waals surface area contributed by atoms with E-state index in [0.717, 1.165) is 13.0 Å². The zero-order valence-corrected chi connectivity index (χ0v) is 19.7. The summed E-state index contributed by atoms with van der Waals surface area (Å²) in [6, 6.07) is 0.0191. The van der Waals surface area contributed by atoms with E-state index in [9.17, 15) is 21.6 Å². The summed E-state index contributed by atoms with van der Waals surface area (Å²) in [6.07, 6.45) is 1.74. The summed E-state index contributed by atoms with van der Waals surface area (Å²) in [5.74, 6) is 0.643. The number of nitrogens with zero attached hydrogens (tertiary/aromatic N) is 2. The Bertz CT molecular complexity index is 622. The average Bonchev–Trinajstić information content (AvgIpc) is 3.16. The molecule has 0 aliphatic carbocycles. The molecule has 0 aromatic carbocycles. The van der Waals surface area contributed by atoms with Gasteiger partial charge in [-0.2, -0.15) is 17.5 Å². The lowest BCUT2D eigenvalue weighted by molar-refractivity contribution is -0.0496. The summed E-state index contributed by atoms with van der Waals surface area (Å²) < 4.78 is 72.3. The fourth-order valence-corrected chi connectivity index (χ4v) is 4.12. The highest BCUT2D eigenvalue weighted by Crippen LogP contribution is 2.30. The lowest BCUT2D eigenvalue weighted by Crippen LogP contribution is -2.48. The van der Waals surface area contributed by atoms with Crippen molar-refractivity contribution in [3.8, 4) is 0 Å². The molecule has 2 unspecified atom stereocenters. The van der Waals surface area contributed by atoms with Gasteiger partial charge in [0.05, 0.1) is 19.3 Å². The molecule has 0 spiro atoms. The summed E-state index contributed by atoms with van der Waals surface area (Å²) >= 11 is 0. The number of guanidine groups is 1. The van der Waals surface area contributed by atoms with E-state index in [2.05, 4.69) is 15.6 Å². The van der Waals surface area contributed by atoms with E-state index in [1.807, 2.05) is 6.92 Å². The first-order chi connectivity index (χ1) is 13.1. The first-order valence-corrected chi connectivity index (χ1v) is 10.8. The Balaban J connectivity index is 0.00000420. The highest BCUT2D eigenvalue weighted by molar-refractivity contribution is 14.0. The maximum Gasteiger partial charge on any atom is 0.511 e. The standard InChI is InChI=1S/C16H29F3N4O4S.HI/c1-12(10-27-14-5-8-26-11-14)22-15(20-2)21-9-13-3-6-23(7-4-13)28(24,25)16(17,18)19;/h12-14H,3-11H2,1-2H3,(H2,20,21,22);1H. The van der Waals surface area contributed by atoms with Crippen molar-refractivity contribution in [3.05, 3.63) is 0 Å². The van der Waals surface area contributed by atoms with E-state index in [1.165, 1.54) is 0 Å². The Kier molecular flexibility index (Phi) is 10.9. The van der Waals surface area contributed by atoms with Gasteiger partial charge in [-0.1, -0.05) is 0 Å². The highest BCUT2D eigenvalue weighted by Gasteiger charge is 2.50. The van der Waals surface area contributed by atoms with Crippen LogP contribution in [0.25, 0.3) is 0 Å². The van der Waals surface area contributed by atoms with Crippen LogP contribution in [-0.4, -0.2) is 82.8 Å². The number of hydrogen-bond acceptors (Lipinski definition) is 5. The number of nitrogens with one attached hydrogen (secondary N) is 2. The van der Waals surface area contributed by atoms with Gasteiger partial charge in [-0.25, -0.2) is 8.42 Å². The molecule has 2 aliphatic rings. The fourth-order valence-electron chi connectivity index (χ4n) is 3.14. The van der Waals surface area contributed by atoms with Crippen molar-refractivity contribution in [3.63, 3.8) is 0 Å². The van der Waals surface area contributed by atoms with Gasteiger partial charge >= 0.3 is 15.5 Å². The first-order valence-electron chi connectivity index (χ1n) is 9.36. The molecule has 172 valence electrons. The minimum atomic E-state index is -5.24. The van der Waals surface area contributed by atoms with Gasteiger partial charge in [0.2, 0.25) is 0 Å². The SMILES string of the molecule is CN=C(NCC1CCN(S(=O)(=O)C(F)(F)F)CC1)NC(C)COC1CCOC1.I. The number of piperidine rings is 1. The number of aliphatic imine (C=N–C) groups is 1. The molecule has 2 aliphatic heterocycles. The topological polar surface area (TPSA) is 92.3 Å². The molecular weight excluding hydrogens is 528 g/mol. The van der Waals surface area contributed by atoms with E-state index in [1.54, 1.807) is 7.05 Å². The molecule has 0 aromatic rings. The van der Waals surface area contributed by atoms with E-state index >= 15 is 0 Å². The van der Waals surface area contributed by atoms with Crippen LogP contribution < -0.4 is 10.6 Å². The molecule has 2 atom stereocenters. The number of sulfonamides is 1. The van der Waals surface area contributed by atoms with E-state index in [0.29, 0.717) is 42.9 Å². The van der Waals surface area contributed by atoms with Crippen molar-refractivity contribution in [1.82, 2.24) is 14.9 Å². The van der Waals surface area contributed by atoms with Crippen LogP contribution in [0.2, 0.25) is 0 Å². The van der Waals surface area contributed by atoms with Crippen LogP contribution in [0.1, 0.15) is 26.2 Å². The quantitative estimate of drug-likeness (QED) is 0.280. The summed E-state index contributed by atoms with van der Waals surface area (Å²) in [7, 11) is -3.60. The van der Waals surface area contributed by atoms with Crippen molar-refractivity contribution in [2.45, 2.75) is 43.8 Å². The molecule has 2 saturated heterocycles. The van der Waals surface area contributed by atoms with Crippen molar-refractivity contribution < 1.29 is 31.1 Å². The molecule has 29 heavy (non-hydrogen) atoms. The predicted octanol–water partition coefficient (Wildman–Crippen LogP) is 1.52. The van der Waals surface area contributed by atoms with Gasteiger partial charge in [-0.15, -0.1) is 24.0 Å². The molecule has 0 amide bonds. The van der Waals surface area contributed by atoms with Crippen LogP contribution in [-0.2, 0) is 19.5 Å². The molecule has 8 nitrogen and oxygen atoms in total. The van der Waals surface area contributed by atoms with Crippen LogP contribution in [0.4, 0.5) is 13.2 Å². The molecule has 0 aromatic heterocycles. The molecule has 2 fully saturated rings. The van der Waals surface area contributed by atoms with Crippen LogP contribution >= 0.6 is 24.0 Å². The maximum absolute atomic E-state index is 12.6. The molecule has 0 saturated carbocycles. The number of hydrogen-bond donors (Lipinski definition) is 2. The highest BCUT2D eigenvalue weighted by atomic mass is 127. The Morgan fingerprint density at radius 1 is 1.31 bits per heavy atom.